The van der Waals surface area contributed by atoms with Gasteiger partial charge in [-0.15, -0.1) is 0 Å². The monoisotopic (exact) mass is 288 g/mol. The minimum Gasteiger partial charge on any atom is -0.549 e. The summed E-state index contributed by atoms with van der Waals surface area (Å²) in [5.74, 6) is -1.71. The Morgan fingerprint density at radius 2 is 1.71 bits per heavy atom. The van der Waals surface area contributed by atoms with Crippen molar-refractivity contribution in [2.75, 3.05) is 0 Å². The van der Waals surface area contributed by atoms with Crippen LogP contribution < -0.4 is 34.7 Å². The maximum absolute atomic E-state index is 12.5. The molecule has 1 aliphatic carbocycles. The number of carboxylic acids is 1. The van der Waals surface area contributed by atoms with E-state index in [1.165, 1.54) is 0 Å². The third-order valence-corrected chi connectivity index (χ3v) is 3.84. The molecule has 0 fully saturated rings. The fourth-order valence-electron chi connectivity index (χ4n) is 2.86. The Kier molecular flexibility index (Phi) is 4.99. The molecule has 0 aromatic heterocycles. The van der Waals surface area contributed by atoms with Gasteiger partial charge in [-0.3, -0.25) is 4.79 Å². The van der Waals surface area contributed by atoms with E-state index in [1.807, 2.05) is 18.2 Å². The molecule has 2 aromatic carbocycles. The number of carbonyl (C=O) groups excluding carboxylic acids is 2. The Hall–Kier alpha value is -1.42. The van der Waals surface area contributed by atoms with Crippen molar-refractivity contribution in [3.05, 3.63) is 70.8 Å². The van der Waals surface area contributed by atoms with Gasteiger partial charge in [-0.2, -0.15) is 0 Å². The first-order valence-corrected chi connectivity index (χ1v) is 6.61. The van der Waals surface area contributed by atoms with E-state index in [9.17, 15) is 14.7 Å². The Morgan fingerprint density at radius 3 is 2.38 bits per heavy atom. The molecule has 2 aromatic rings. The summed E-state index contributed by atoms with van der Waals surface area (Å²) in [5, 5.41) is 11.1. The molecule has 0 heterocycles. The van der Waals surface area contributed by atoms with Crippen LogP contribution in [0.15, 0.2) is 48.5 Å². The smallest absolute Gasteiger partial charge is 0.549 e. The summed E-state index contributed by atoms with van der Waals surface area (Å²) in [5.41, 5.74) is 2.82. The predicted molar refractivity (Wildman–Crippen MR) is 72.4 cm³/mol. The van der Waals surface area contributed by atoms with E-state index in [-0.39, 0.29) is 35.3 Å². The van der Waals surface area contributed by atoms with Crippen LogP contribution in [-0.4, -0.2) is 11.8 Å². The first kappa shape index (κ1) is 16.0. The number of rotatable bonds is 3. The zero-order valence-corrected chi connectivity index (χ0v) is 13.8. The number of fused-ring (bicyclic) bond motifs is 1. The van der Waals surface area contributed by atoms with E-state index in [2.05, 4.69) is 0 Å². The number of benzene rings is 2. The van der Waals surface area contributed by atoms with Crippen LogP contribution in [0.1, 0.15) is 39.4 Å². The molecule has 1 unspecified atom stereocenters. The largest absolute Gasteiger partial charge is 1.00 e. The molecule has 0 radical (unpaired) electrons. The minimum atomic E-state index is -1.06. The maximum atomic E-state index is 12.5. The topological polar surface area (TPSA) is 57.2 Å². The molecule has 0 amide bonds. The number of carboxylic acid groups (broad SMARTS) is 1. The molecular formula is C17H13NaO3. The second-order valence-electron chi connectivity index (χ2n) is 4.98. The number of aliphatic carboxylic acids is 1. The van der Waals surface area contributed by atoms with Crippen LogP contribution in [0.5, 0.6) is 0 Å². The molecule has 100 valence electrons. The first-order chi connectivity index (χ1) is 9.68. The van der Waals surface area contributed by atoms with Gasteiger partial charge in [0.1, 0.15) is 0 Å². The van der Waals surface area contributed by atoms with Crippen molar-refractivity contribution in [1.82, 2.24) is 0 Å². The quantitative estimate of drug-likeness (QED) is 0.521. The molecule has 3 nitrogen and oxygen atoms in total. The molecule has 0 bridgehead atoms. The molecule has 21 heavy (non-hydrogen) atoms. The average Bonchev–Trinajstić information content (AvgIpc) is 2.91. The molecule has 0 saturated heterocycles. The molecule has 0 saturated carbocycles. The normalized spacial score (nSPS) is 15.9. The van der Waals surface area contributed by atoms with Crippen LogP contribution in [-0.2, 0) is 11.2 Å². The maximum Gasteiger partial charge on any atom is 1.00 e. The van der Waals surface area contributed by atoms with E-state index in [1.54, 1.807) is 30.3 Å². The molecule has 1 atom stereocenters. The standard InChI is InChI=1S/C17H14O3.Na/c18-16(11-5-2-1-3-6-11)14-8-4-7-12-13(14)9-10-15(12)17(19)20;/h1-8,15H,9-10H2,(H,19,20);/q;+1/p-1. The average molecular weight is 288 g/mol. The summed E-state index contributed by atoms with van der Waals surface area (Å²) >= 11 is 0. The van der Waals surface area contributed by atoms with Crippen molar-refractivity contribution in [1.29, 1.82) is 0 Å². The third kappa shape index (κ3) is 2.95. The van der Waals surface area contributed by atoms with Crippen LogP contribution >= 0.6 is 0 Å². The number of hydrogen-bond donors (Lipinski definition) is 0. The SMILES string of the molecule is O=C(c1ccccc1)c1cccc2c1CCC2C(=O)[O-].[Na+]. The summed E-state index contributed by atoms with van der Waals surface area (Å²) in [4.78, 5) is 23.6. The Labute approximate surface area is 145 Å². The van der Waals surface area contributed by atoms with Gasteiger partial charge in [-0.05, 0) is 24.0 Å². The van der Waals surface area contributed by atoms with Crippen molar-refractivity contribution in [3.8, 4) is 0 Å². The van der Waals surface area contributed by atoms with Crippen molar-refractivity contribution < 1.29 is 44.3 Å². The summed E-state index contributed by atoms with van der Waals surface area (Å²) in [6.45, 7) is 0. The van der Waals surface area contributed by atoms with Crippen LogP contribution in [0.2, 0.25) is 0 Å². The third-order valence-electron chi connectivity index (χ3n) is 3.84. The van der Waals surface area contributed by atoms with Crippen molar-refractivity contribution in [2.45, 2.75) is 18.8 Å². The number of hydrogen-bond acceptors (Lipinski definition) is 3. The van der Waals surface area contributed by atoms with Gasteiger partial charge in [0.15, 0.2) is 5.78 Å². The van der Waals surface area contributed by atoms with E-state index in [4.69, 9.17) is 0 Å². The van der Waals surface area contributed by atoms with Crippen LogP contribution in [0.4, 0.5) is 0 Å². The van der Waals surface area contributed by atoms with Gasteiger partial charge in [0.25, 0.3) is 0 Å². The predicted octanol–water partition coefficient (Wildman–Crippen LogP) is -1.30. The molecule has 4 heteroatoms. The fraction of sp³-hybridized carbons (Fsp3) is 0.176. The molecule has 1 aliphatic rings. The van der Waals surface area contributed by atoms with E-state index < -0.39 is 11.9 Å². The second kappa shape index (κ2) is 6.56. The van der Waals surface area contributed by atoms with Crippen molar-refractivity contribution >= 4 is 11.8 Å². The Morgan fingerprint density at radius 1 is 1.00 bits per heavy atom. The fourth-order valence-corrected chi connectivity index (χ4v) is 2.86. The second-order valence-corrected chi connectivity index (χ2v) is 4.98. The van der Waals surface area contributed by atoms with E-state index in [0.29, 0.717) is 24.0 Å². The Bertz CT molecular complexity index is 680. The number of carbonyl (C=O) groups is 2. The first-order valence-electron chi connectivity index (χ1n) is 6.61. The van der Waals surface area contributed by atoms with Gasteiger partial charge >= 0.3 is 29.6 Å². The molecule has 0 spiro atoms. The Balaban J connectivity index is 0.00000161. The zero-order chi connectivity index (χ0) is 14.1. The molecule has 0 N–H and O–H groups in total. The van der Waals surface area contributed by atoms with Crippen LogP contribution in [0.3, 0.4) is 0 Å². The minimum absolute atomic E-state index is 0. The van der Waals surface area contributed by atoms with Crippen LogP contribution in [0.25, 0.3) is 0 Å². The molecule has 0 aliphatic heterocycles. The van der Waals surface area contributed by atoms with Crippen molar-refractivity contribution in [2.24, 2.45) is 0 Å². The van der Waals surface area contributed by atoms with Crippen molar-refractivity contribution in [3.63, 3.8) is 0 Å². The summed E-state index contributed by atoms with van der Waals surface area (Å²) in [6.07, 6.45) is 1.12. The molecule has 3 rings (SSSR count). The van der Waals surface area contributed by atoms with Gasteiger partial charge in [0, 0.05) is 23.0 Å². The van der Waals surface area contributed by atoms with Gasteiger partial charge < -0.3 is 9.90 Å². The summed E-state index contributed by atoms with van der Waals surface area (Å²) in [6, 6.07) is 14.3. The van der Waals surface area contributed by atoms with E-state index in [0.717, 1.165) is 11.1 Å². The van der Waals surface area contributed by atoms with Gasteiger partial charge in [-0.1, -0.05) is 48.5 Å². The number of ketones is 1. The van der Waals surface area contributed by atoms with Crippen LogP contribution in [0, 0.1) is 0 Å². The van der Waals surface area contributed by atoms with Gasteiger partial charge in [0.2, 0.25) is 0 Å². The van der Waals surface area contributed by atoms with Gasteiger partial charge in [-0.25, -0.2) is 0 Å². The summed E-state index contributed by atoms with van der Waals surface area (Å²) in [7, 11) is 0. The zero-order valence-electron chi connectivity index (χ0n) is 11.8. The summed E-state index contributed by atoms with van der Waals surface area (Å²) < 4.78 is 0. The van der Waals surface area contributed by atoms with E-state index >= 15 is 0 Å². The molecular weight excluding hydrogens is 275 g/mol. The van der Waals surface area contributed by atoms with Gasteiger partial charge in [0.05, 0.1) is 0 Å².